The molecule has 0 saturated carbocycles. The summed E-state index contributed by atoms with van der Waals surface area (Å²) in [5.41, 5.74) is 7.05. The van der Waals surface area contributed by atoms with Gasteiger partial charge in [-0.15, -0.1) is 0 Å². The number of aromatic nitrogens is 1. The topological polar surface area (TPSA) is 130 Å². The maximum atomic E-state index is 12.4. The zero-order valence-corrected chi connectivity index (χ0v) is 15.4. The minimum atomic E-state index is -0.377. The van der Waals surface area contributed by atoms with Gasteiger partial charge >= 0.3 is 0 Å². The predicted molar refractivity (Wildman–Crippen MR) is 105 cm³/mol. The Kier molecular flexibility index (Phi) is 6.25. The minimum absolute atomic E-state index is 0.000714. The molecule has 2 unspecified atom stereocenters. The number of aliphatic hydroxyl groups is 1. The predicted octanol–water partition coefficient (Wildman–Crippen LogP) is 0.218. The zero-order chi connectivity index (χ0) is 19.2. The van der Waals surface area contributed by atoms with E-state index in [0.29, 0.717) is 24.7 Å². The second-order valence-electron chi connectivity index (χ2n) is 6.06. The summed E-state index contributed by atoms with van der Waals surface area (Å²) in [5.74, 6) is -0.732. The first-order valence-electron chi connectivity index (χ1n) is 8.60. The number of aliphatic imine (C=N–C) groups is 1. The first-order valence-corrected chi connectivity index (χ1v) is 9.48. The van der Waals surface area contributed by atoms with Crippen LogP contribution < -0.4 is 16.4 Å². The summed E-state index contributed by atoms with van der Waals surface area (Å²) < 4.78 is 0. The Hall–Kier alpha value is -2.65. The van der Waals surface area contributed by atoms with Crippen molar-refractivity contribution in [1.29, 1.82) is 0 Å². The number of aliphatic hydroxyl groups excluding tert-OH is 1. The number of hydrogen-bond acceptors (Lipinski definition) is 7. The fraction of sp³-hybridized carbons (Fsp3) is 0.333. The summed E-state index contributed by atoms with van der Waals surface area (Å²) in [6.45, 7) is 0.704. The van der Waals surface area contributed by atoms with Gasteiger partial charge in [0.05, 0.1) is 11.3 Å². The fourth-order valence-corrected chi connectivity index (χ4v) is 3.68. The number of nitrogens with one attached hydrogen (secondary N) is 2. The highest BCUT2D eigenvalue weighted by atomic mass is 32.2. The zero-order valence-electron chi connectivity index (χ0n) is 14.6. The third-order valence-corrected chi connectivity index (χ3v) is 5.08. The van der Waals surface area contributed by atoms with Crippen molar-refractivity contribution < 1.29 is 14.7 Å². The Labute approximate surface area is 161 Å². The van der Waals surface area contributed by atoms with Crippen molar-refractivity contribution in [3.05, 3.63) is 53.4 Å². The molecule has 9 heteroatoms. The van der Waals surface area contributed by atoms with Crippen LogP contribution in [-0.4, -0.2) is 58.1 Å². The van der Waals surface area contributed by atoms with Gasteiger partial charge in [0.25, 0.3) is 11.8 Å². The molecule has 1 aliphatic carbocycles. The Bertz CT molecular complexity index is 821. The third kappa shape index (κ3) is 4.95. The molecule has 8 nitrogen and oxygen atoms in total. The van der Waals surface area contributed by atoms with E-state index in [2.05, 4.69) is 26.7 Å². The molecule has 1 aromatic rings. The summed E-state index contributed by atoms with van der Waals surface area (Å²) in [7, 11) is 0. The Morgan fingerprint density at radius 1 is 1.22 bits per heavy atom. The molecule has 5 N–H and O–H groups in total. The quantitative estimate of drug-likeness (QED) is 0.495. The van der Waals surface area contributed by atoms with Crippen LogP contribution in [-0.2, 0) is 0 Å². The second-order valence-corrected chi connectivity index (χ2v) is 7.26. The number of thioether (sulfide) groups is 1. The fourth-order valence-electron chi connectivity index (χ4n) is 2.68. The largest absolute Gasteiger partial charge is 0.396 e. The second kappa shape index (κ2) is 8.83. The van der Waals surface area contributed by atoms with E-state index in [-0.39, 0.29) is 41.1 Å². The molecule has 1 aromatic heterocycles. The van der Waals surface area contributed by atoms with Gasteiger partial charge in [-0.1, -0.05) is 36.1 Å². The standard InChI is InChI=1S/C18H21N5O3S/c19-18-23-12-6-5-11(9-15(12)27-18)10-21-17(26)14-4-1-3-13(22-14)16(25)20-7-2-8-24/h1,3-6,9,12,15,24H,2,7-8,10H2,(H2,19,23)(H,20,25)(H,21,26). The number of nitrogens with zero attached hydrogens (tertiary/aromatic N) is 2. The lowest BCUT2D eigenvalue weighted by Gasteiger charge is -2.16. The van der Waals surface area contributed by atoms with Gasteiger partial charge in [0.15, 0.2) is 5.17 Å². The number of nitrogens with two attached hydrogens (primary N) is 1. The van der Waals surface area contributed by atoms with Crippen LogP contribution in [0.1, 0.15) is 27.4 Å². The summed E-state index contributed by atoms with van der Waals surface area (Å²) in [6.07, 6.45) is 6.43. The number of amidine groups is 1. The van der Waals surface area contributed by atoms with Crippen molar-refractivity contribution in [3.8, 4) is 0 Å². The van der Waals surface area contributed by atoms with Gasteiger partial charge in [-0.25, -0.2) is 4.98 Å². The number of carbonyl (C=O) groups is 2. The maximum absolute atomic E-state index is 12.4. The van der Waals surface area contributed by atoms with Crippen molar-refractivity contribution in [2.45, 2.75) is 17.7 Å². The van der Waals surface area contributed by atoms with E-state index in [0.717, 1.165) is 5.57 Å². The lowest BCUT2D eigenvalue weighted by atomic mass is 10.0. The molecule has 2 amide bonds. The average molecular weight is 387 g/mol. The van der Waals surface area contributed by atoms with Gasteiger partial charge in [0.1, 0.15) is 11.4 Å². The number of fused-ring (bicyclic) bond motifs is 1. The van der Waals surface area contributed by atoms with Crippen LogP contribution in [0.4, 0.5) is 0 Å². The highest BCUT2D eigenvalue weighted by molar-refractivity contribution is 8.14. The molecule has 0 bridgehead atoms. The smallest absolute Gasteiger partial charge is 0.270 e. The van der Waals surface area contributed by atoms with Crippen LogP contribution in [0.2, 0.25) is 0 Å². The summed E-state index contributed by atoms with van der Waals surface area (Å²) in [5, 5.41) is 15.0. The minimum Gasteiger partial charge on any atom is -0.396 e. The van der Waals surface area contributed by atoms with Crippen LogP contribution in [0, 0.1) is 0 Å². The van der Waals surface area contributed by atoms with Crippen molar-refractivity contribution >= 4 is 28.7 Å². The molecule has 0 fully saturated rings. The first kappa shape index (κ1) is 19.1. The molecule has 0 radical (unpaired) electrons. The van der Waals surface area contributed by atoms with Gasteiger partial charge in [-0.3, -0.25) is 14.6 Å². The van der Waals surface area contributed by atoms with Crippen LogP contribution in [0.15, 0.2) is 47.0 Å². The number of carbonyl (C=O) groups excluding carboxylic acids is 2. The maximum Gasteiger partial charge on any atom is 0.270 e. The lowest BCUT2D eigenvalue weighted by molar-refractivity contribution is 0.0944. The molecule has 2 heterocycles. The summed E-state index contributed by atoms with van der Waals surface area (Å²) in [6, 6.07) is 4.78. The van der Waals surface area contributed by atoms with E-state index in [4.69, 9.17) is 10.8 Å². The van der Waals surface area contributed by atoms with Gasteiger partial charge in [0, 0.05) is 19.7 Å². The van der Waals surface area contributed by atoms with E-state index >= 15 is 0 Å². The van der Waals surface area contributed by atoms with Crippen LogP contribution in [0.25, 0.3) is 0 Å². The Balaban J connectivity index is 1.56. The summed E-state index contributed by atoms with van der Waals surface area (Å²) in [4.78, 5) is 32.8. The Morgan fingerprint density at radius 2 is 1.96 bits per heavy atom. The molecule has 27 heavy (non-hydrogen) atoms. The van der Waals surface area contributed by atoms with Crippen molar-refractivity contribution in [3.63, 3.8) is 0 Å². The van der Waals surface area contributed by atoms with E-state index in [1.807, 2.05) is 12.2 Å². The first-order chi connectivity index (χ1) is 13.1. The molecule has 1 aliphatic heterocycles. The molecule has 142 valence electrons. The lowest BCUT2D eigenvalue weighted by Crippen LogP contribution is -2.30. The van der Waals surface area contributed by atoms with Gasteiger partial charge in [-0.2, -0.15) is 0 Å². The van der Waals surface area contributed by atoms with E-state index in [9.17, 15) is 9.59 Å². The molecule has 2 aliphatic rings. The van der Waals surface area contributed by atoms with Gasteiger partial charge < -0.3 is 21.5 Å². The molecule has 0 aromatic carbocycles. The average Bonchev–Trinajstić information content (AvgIpc) is 3.05. The van der Waals surface area contributed by atoms with Gasteiger partial charge in [-0.05, 0) is 24.1 Å². The highest BCUT2D eigenvalue weighted by Gasteiger charge is 2.27. The van der Waals surface area contributed by atoms with Crippen LogP contribution in [0.5, 0.6) is 0 Å². The molecular formula is C18H21N5O3S. The number of hydrogen-bond donors (Lipinski definition) is 4. The number of amides is 2. The monoisotopic (exact) mass is 387 g/mol. The number of pyridine rings is 1. The van der Waals surface area contributed by atoms with Crippen molar-refractivity contribution in [2.24, 2.45) is 10.7 Å². The molecule has 3 rings (SSSR count). The number of rotatable bonds is 7. The molecule has 0 saturated heterocycles. The molecule has 2 atom stereocenters. The van der Waals surface area contributed by atoms with Crippen LogP contribution >= 0.6 is 11.8 Å². The van der Waals surface area contributed by atoms with E-state index < -0.39 is 0 Å². The van der Waals surface area contributed by atoms with E-state index in [1.165, 1.54) is 11.8 Å². The molecule has 0 spiro atoms. The molecular weight excluding hydrogens is 366 g/mol. The third-order valence-electron chi connectivity index (χ3n) is 4.04. The highest BCUT2D eigenvalue weighted by Crippen LogP contribution is 2.30. The van der Waals surface area contributed by atoms with Crippen molar-refractivity contribution in [1.82, 2.24) is 15.6 Å². The van der Waals surface area contributed by atoms with Gasteiger partial charge in [0.2, 0.25) is 0 Å². The SMILES string of the molecule is NC1=NC2C=CC(CNC(=O)c3cccc(C(=O)NCCCO)n3)=CC2S1. The normalized spacial score (nSPS) is 20.5. The van der Waals surface area contributed by atoms with Crippen LogP contribution in [0.3, 0.4) is 0 Å². The van der Waals surface area contributed by atoms with E-state index in [1.54, 1.807) is 18.2 Å². The summed E-state index contributed by atoms with van der Waals surface area (Å²) >= 11 is 1.51. The Morgan fingerprint density at radius 3 is 2.70 bits per heavy atom. The van der Waals surface area contributed by atoms with Crippen molar-refractivity contribution in [2.75, 3.05) is 19.7 Å².